The molecule has 124 valence electrons. The van der Waals surface area contributed by atoms with Gasteiger partial charge in [-0.15, -0.1) is 0 Å². The average Bonchev–Trinajstić information content (AvgIpc) is 2.45. The van der Waals surface area contributed by atoms with Crippen molar-refractivity contribution < 1.29 is 9.84 Å². The largest absolute Gasteiger partial charge is 0.507 e. The van der Waals surface area contributed by atoms with E-state index in [0.29, 0.717) is 0 Å². The van der Waals surface area contributed by atoms with Gasteiger partial charge in [0.1, 0.15) is 11.5 Å². The first-order valence-corrected chi connectivity index (χ1v) is 8.06. The van der Waals surface area contributed by atoms with Crippen LogP contribution >= 0.6 is 0 Å². The quantitative estimate of drug-likeness (QED) is 0.775. The molecule has 0 saturated heterocycles. The Morgan fingerprint density at radius 3 is 1.70 bits per heavy atom. The fourth-order valence-electron chi connectivity index (χ4n) is 2.60. The van der Waals surface area contributed by atoms with Gasteiger partial charge in [-0.3, -0.25) is 0 Å². The van der Waals surface area contributed by atoms with Crippen molar-refractivity contribution in [2.24, 2.45) is 0 Å². The minimum atomic E-state index is 0.0251. The summed E-state index contributed by atoms with van der Waals surface area (Å²) in [6.45, 7) is 13.1. The van der Waals surface area contributed by atoms with E-state index in [4.69, 9.17) is 4.74 Å². The van der Waals surface area contributed by atoms with Crippen LogP contribution in [0.4, 0.5) is 0 Å². The van der Waals surface area contributed by atoms with Crippen LogP contribution in [0.5, 0.6) is 11.5 Å². The molecule has 0 unspecified atom stereocenters. The maximum absolute atomic E-state index is 10.4. The Morgan fingerprint density at radius 2 is 1.22 bits per heavy atom. The van der Waals surface area contributed by atoms with E-state index in [0.717, 1.165) is 16.9 Å². The van der Waals surface area contributed by atoms with E-state index in [9.17, 15) is 5.11 Å². The van der Waals surface area contributed by atoms with Crippen LogP contribution < -0.4 is 4.74 Å². The second-order valence-electron chi connectivity index (χ2n) is 8.15. The maximum atomic E-state index is 10.4. The molecular formula is C21H28O2. The number of hydrogen-bond donors (Lipinski definition) is 1. The zero-order chi connectivity index (χ0) is 17.4. The summed E-state index contributed by atoms with van der Waals surface area (Å²) in [4.78, 5) is 0. The summed E-state index contributed by atoms with van der Waals surface area (Å²) >= 11 is 0. The summed E-state index contributed by atoms with van der Waals surface area (Å²) in [5.41, 5.74) is 4.22. The van der Waals surface area contributed by atoms with Gasteiger partial charge in [0.2, 0.25) is 0 Å². The standard InChI is InChI=1S/C21H28O2/c1-20(2,3)14-8-10-18(22)16(12-14)17-13-15(21(4,5)6)9-11-19(17)23-7/h8-13,22H,1-7H3. The zero-order valence-electron chi connectivity index (χ0n) is 15.3. The molecule has 0 atom stereocenters. The highest BCUT2D eigenvalue weighted by Crippen LogP contribution is 2.40. The van der Waals surface area contributed by atoms with E-state index in [-0.39, 0.29) is 16.6 Å². The molecule has 0 spiro atoms. The van der Waals surface area contributed by atoms with E-state index in [1.165, 1.54) is 11.1 Å². The van der Waals surface area contributed by atoms with Crippen LogP contribution in [0, 0.1) is 0 Å². The van der Waals surface area contributed by atoms with Gasteiger partial charge < -0.3 is 9.84 Å². The van der Waals surface area contributed by atoms with Crippen LogP contribution in [0.2, 0.25) is 0 Å². The van der Waals surface area contributed by atoms with Crippen molar-refractivity contribution in [3.63, 3.8) is 0 Å². The molecule has 23 heavy (non-hydrogen) atoms. The van der Waals surface area contributed by atoms with Gasteiger partial charge in [-0.05, 0) is 46.2 Å². The summed E-state index contributed by atoms with van der Waals surface area (Å²) in [7, 11) is 1.67. The molecule has 0 saturated carbocycles. The fourth-order valence-corrected chi connectivity index (χ4v) is 2.60. The van der Waals surface area contributed by atoms with Crippen LogP contribution in [0.25, 0.3) is 11.1 Å². The number of hydrogen-bond acceptors (Lipinski definition) is 2. The number of ether oxygens (including phenoxy) is 1. The predicted octanol–water partition coefficient (Wildman–Crippen LogP) is 5.66. The summed E-state index contributed by atoms with van der Waals surface area (Å²) in [5.74, 6) is 1.06. The third-order valence-electron chi connectivity index (χ3n) is 4.22. The van der Waals surface area contributed by atoms with E-state index in [1.807, 2.05) is 12.1 Å². The molecule has 0 aliphatic carbocycles. The van der Waals surface area contributed by atoms with Crippen molar-refractivity contribution in [1.82, 2.24) is 0 Å². The Labute approximate surface area is 140 Å². The van der Waals surface area contributed by atoms with Gasteiger partial charge in [-0.2, -0.15) is 0 Å². The second kappa shape index (κ2) is 5.92. The minimum Gasteiger partial charge on any atom is -0.507 e. The van der Waals surface area contributed by atoms with Crippen molar-refractivity contribution in [2.45, 2.75) is 52.4 Å². The third-order valence-corrected chi connectivity index (χ3v) is 4.22. The summed E-state index contributed by atoms with van der Waals surface area (Å²) in [6.07, 6.45) is 0. The molecule has 0 aliphatic rings. The molecule has 2 rings (SSSR count). The molecule has 2 aromatic rings. The van der Waals surface area contributed by atoms with Crippen molar-refractivity contribution >= 4 is 0 Å². The van der Waals surface area contributed by atoms with Gasteiger partial charge in [0, 0.05) is 11.1 Å². The lowest BCUT2D eigenvalue weighted by molar-refractivity contribution is 0.415. The van der Waals surface area contributed by atoms with E-state index in [1.54, 1.807) is 13.2 Å². The van der Waals surface area contributed by atoms with Crippen LogP contribution in [0.15, 0.2) is 36.4 Å². The van der Waals surface area contributed by atoms with Crippen LogP contribution in [-0.2, 0) is 10.8 Å². The lowest BCUT2D eigenvalue weighted by atomic mass is 9.83. The number of rotatable bonds is 2. The third kappa shape index (κ3) is 3.69. The molecule has 2 nitrogen and oxygen atoms in total. The molecule has 2 aromatic carbocycles. The van der Waals surface area contributed by atoms with Gasteiger partial charge in [0.25, 0.3) is 0 Å². The molecule has 0 bridgehead atoms. The van der Waals surface area contributed by atoms with E-state index in [2.05, 4.69) is 59.7 Å². The molecule has 0 fully saturated rings. The summed E-state index contributed by atoms with van der Waals surface area (Å²) in [5, 5.41) is 10.4. The minimum absolute atomic E-state index is 0.0251. The summed E-state index contributed by atoms with van der Waals surface area (Å²) in [6, 6.07) is 12.0. The summed E-state index contributed by atoms with van der Waals surface area (Å²) < 4.78 is 5.54. The van der Waals surface area contributed by atoms with Gasteiger partial charge in [-0.1, -0.05) is 53.7 Å². The number of methoxy groups -OCH3 is 1. The highest BCUT2D eigenvalue weighted by Gasteiger charge is 2.20. The topological polar surface area (TPSA) is 29.5 Å². The van der Waals surface area contributed by atoms with Crippen LogP contribution in [-0.4, -0.2) is 12.2 Å². The van der Waals surface area contributed by atoms with Crippen molar-refractivity contribution in [2.75, 3.05) is 7.11 Å². The average molecular weight is 312 g/mol. The first-order chi connectivity index (χ1) is 10.5. The monoisotopic (exact) mass is 312 g/mol. The molecule has 0 radical (unpaired) electrons. The van der Waals surface area contributed by atoms with Crippen molar-refractivity contribution in [3.8, 4) is 22.6 Å². The van der Waals surface area contributed by atoms with Gasteiger partial charge in [0.05, 0.1) is 7.11 Å². The first-order valence-electron chi connectivity index (χ1n) is 8.06. The van der Waals surface area contributed by atoms with Crippen LogP contribution in [0.3, 0.4) is 0 Å². The van der Waals surface area contributed by atoms with Crippen molar-refractivity contribution in [1.29, 1.82) is 0 Å². The molecular weight excluding hydrogens is 284 g/mol. The SMILES string of the molecule is COc1ccc(C(C)(C)C)cc1-c1cc(C(C)(C)C)ccc1O. The second-order valence-corrected chi connectivity index (χ2v) is 8.15. The highest BCUT2D eigenvalue weighted by atomic mass is 16.5. The molecule has 0 amide bonds. The Hall–Kier alpha value is -1.96. The van der Waals surface area contributed by atoms with Gasteiger partial charge >= 0.3 is 0 Å². The van der Waals surface area contributed by atoms with Crippen molar-refractivity contribution in [3.05, 3.63) is 47.5 Å². The van der Waals surface area contributed by atoms with E-state index < -0.39 is 0 Å². The van der Waals surface area contributed by atoms with E-state index >= 15 is 0 Å². The smallest absolute Gasteiger partial charge is 0.126 e. The fraction of sp³-hybridized carbons (Fsp3) is 0.429. The normalized spacial score (nSPS) is 12.3. The Balaban J connectivity index is 2.70. The molecule has 0 aliphatic heterocycles. The number of aromatic hydroxyl groups is 1. The Bertz CT molecular complexity index is 701. The lowest BCUT2D eigenvalue weighted by Crippen LogP contribution is -2.12. The maximum Gasteiger partial charge on any atom is 0.126 e. The molecule has 0 heterocycles. The van der Waals surface area contributed by atoms with Crippen LogP contribution in [0.1, 0.15) is 52.7 Å². The number of phenols is 1. The van der Waals surface area contributed by atoms with Gasteiger partial charge in [0.15, 0.2) is 0 Å². The molecule has 2 heteroatoms. The first kappa shape index (κ1) is 17.4. The Morgan fingerprint density at radius 1 is 0.739 bits per heavy atom. The van der Waals surface area contributed by atoms with Gasteiger partial charge in [-0.25, -0.2) is 0 Å². The molecule has 1 N–H and O–H groups in total. The zero-order valence-corrected chi connectivity index (χ0v) is 15.3. The predicted molar refractivity (Wildman–Crippen MR) is 97.5 cm³/mol. The lowest BCUT2D eigenvalue weighted by Gasteiger charge is -2.23. The number of phenolic OH excluding ortho intramolecular Hbond substituents is 1. The Kier molecular flexibility index (Phi) is 4.48. The highest BCUT2D eigenvalue weighted by molar-refractivity contribution is 5.77. The molecule has 0 aromatic heterocycles. The number of benzene rings is 2.